The summed E-state index contributed by atoms with van der Waals surface area (Å²) in [7, 11) is 1.57. The van der Waals surface area contributed by atoms with Crippen molar-refractivity contribution in [2.75, 3.05) is 19.0 Å². The molecule has 0 aliphatic carbocycles. The van der Waals surface area contributed by atoms with Gasteiger partial charge in [0.2, 0.25) is 5.91 Å². The van der Waals surface area contributed by atoms with E-state index < -0.39 is 23.4 Å². The number of anilines is 1. The maximum absolute atomic E-state index is 15.0. The van der Waals surface area contributed by atoms with E-state index in [9.17, 15) is 9.59 Å². The largest absolute Gasteiger partial charge is 0.497 e. The summed E-state index contributed by atoms with van der Waals surface area (Å²) in [6.07, 6.45) is 5.45. The second-order valence-corrected chi connectivity index (χ2v) is 11.2. The van der Waals surface area contributed by atoms with Crippen LogP contribution in [0.5, 0.6) is 11.5 Å². The van der Waals surface area contributed by atoms with Crippen LogP contribution in [0.1, 0.15) is 43.4 Å². The number of fused-ring (bicyclic) bond motifs is 6. The molecule has 44 heavy (non-hydrogen) atoms. The van der Waals surface area contributed by atoms with E-state index in [0.29, 0.717) is 33.9 Å². The molecule has 0 saturated carbocycles. The Balaban J connectivity index is 1.49. The zero-order valence-electron chi connectivity index (χ0n) is 24.1. The third-order valence-corrected chi connectivity index (χ3v) is 8.98. The Bertz CT molecular complexity index is 1840. The van der Waals surface area contributed by atoms with Crippen LogP contribution < -0.4 is 14.8 Å². The Morgan fingerprint density at radius 3 is 2.48 bits per heavy atom. The highest BCUT2D eigenvalue weighted by Gasteiger charge is 2.70. The molecule has 7 heteroatoms. The zero-order valence-corrected chi connectivity index (χ0v) is 24.1. The van der Waals surface area contributed by atoms with Crippen molar-refractivity contribution in [2.24, 2.45) is 5.92 Å². The SMILES string of the molecule is C=CCOc1cccc(C(=O)[C@@H]2[C@H](C(=O)c3ccc(OC)cc3)N3C=Cc4ccccc4[C@@H]3[C@]23C(=O)Nc2ccccc23)c1. The summed E-state index contributed by atoms with van der Waals surface area (Å²) in [6.45, 7) is 3.98. The van der Waals surface area contributed by atoms with Gasteiger partial charge < -0.3 is 19.7 Å². The number of para-hydroxylation sites is 1. The van der Waals surface area contributed by atoms with Crippen LogP contribution in [0.3, 0.4) is 0 Å². The van der Waals surface area contributed by atoms with E-state index in [0.717, 1.165) is 11.1 Å². The van der Waals surface area contributed by atoms with Gasteiger partial charge in [0, 0.05) is 23.0 Å². The Kier molecular flexibility index (Phi) is 6.66. The van der Waals surface area contributed by atoms with E-state index in [1.165, 1.54) is 0 Å². The molecule has 1 N–H and O–H groups in total. The van der Waals surface area contributed by atoms with E-state index in [2.05, 4.69) is 11.9 Å². The summed E-state index contributed by atoms with van der Waals surface area (Å²) in [5.74, 6) is -0.832. The lowest BCUT2D eigenvalue weighted by molar-refractivity contribution is -0.122. The first-order valence-electron chi connectivity index (χ1n) is 14.5. The summed E-state index contributed by atoms with van der Waals surface area (Å²) < 4.78 is 11.1. The number of nitrogens with zero attached hydrogens (tertiary/aromatic N) is 1. The van der Waals surface area contributed by atoms with Crippen molar-refractivity contribution in [3.05, 3.63) is 144 Å². The molecular weight excluding hydrogens is 552 g/mol. The number of ether oxygens (including phenoxy) is 2. The molecular formula is C37H30N2O5. The van der Waals surface area contributed by atoms with Crippen LogP contribution in [0.4, 0.5) is 5.69 Å². The normalized spacial score (nSPS) is 22.5. The van der Waals surface area contributed by atoms with Crippen molar-refractivity contribution < 1.29 is 23.9 Å². The van der Waals surface area contributed by atoms with Gasteiger partial charge in [-0.3, -0.25) is 14.4 Å². The van der Waals surface area contributed by atoms with Crippen molar-refractivity contribution in [2.45, 2.75) is 17.5 Å². The minimum absolute atomic E-state index is 0.256. The standard InChI is InChI=1S/C37H30N2O5/c1-3-21-44-27-11-8-10-25(22-27)33(40)31-32(34(41)24-15-17-26(43-2)18-16-24)39-20-19-23-9-4-5-12-28(23)35(39)37(31)29-13-6-7-14-30(29)38-36(37)42/h3-20,22,31-32,35H,1,21H2,2H3,(H,38,42)/t31-,32+,35+,37+/m0/s1. The fourth-order valence-electron chi connectivity index (χ4n) is 7.17. The van der Waals surface area contributed by atoms with Gasteiger partial charge >= 0.3 is 0 Å². The predicted octanol–water partition coefficient (Wildman–Crippen LogP) is 6.24. The number of hydrogen-bond acceptors (Lipinski definition) is 6. The summed E-state index contributed by atoms with van der Waals surface area (Å²) in [5, 5.41) is 3.08. The van der Waals surface area contributed by atoms with E-state index in [4.69, 9.17) is 9.47 Å². The smallest absolute Gasteiger partial charge is 0.238 e. The number of nitrogens with one attached hydrogen (secondary N) is 1. The molecule has 218 valence electrons. The van der Waals surface area contributed by atoms with Crippen molar-refractivity contribution in [3.63, 3.8) is 0 Å². The van der Waals surface area contributed by atoms with Crippen LogP contribution in [0.2, 0.25) is 0 Å². The molecule has 0 radical (unpaired) electrons. The van der Waals surface area contributed by atoms with E-state index in [1.807, 2.05) is 65.7 Å². The number of benzene rings is 4. The molecule has 3 aliphatic rings. The topological polar surface area (TPSA) is 84.9 Å². The average molecular weight is 583 g/mol. The number of ketones is 2. The predicted molar refractivity (Wildman–Crippen MR) is 168 cm³/mol. The molecule has 4 aromatic rings. The maximum Gasteiger partial charge on any atom is 0.238 e. The summed E-state index contributed by atoms with van der Waals surface area (Å²) >= 11 is 0. The van der Waals surface area contributed by atoms with Gasteiger partial charge in [0.15, 0.2) is 11.6 Å². The van der Waals surface area contributed by atoms with Crippen LogP contribution in [0, 0.1) is 5.92 Å². The van der Waals surface area contributed by atoms with Crippen molar-refractivity contribution in [3.8, 4) is 11.5 Å². The molecule has 1 saturated heterocycles. The number of Topliss-reactive ketones (excluding diaryl/α,β-unsaturated/α-hetero) is 2. The van der Waals surface area contributed by atoms with Crippen molar-refractivity contribution in [1.82, 2.24) is 4.90 Å². The van der Waals surface area contributed by atoms with E-state index in [1.54, 1.807) is 61.7 Å². The van der Waals surface area contributed by atoms with Crippen molar-refractivity contribution in [1.29, 1.82) is 0 Å². The van der Waals surface area contributed by atoms with Gasteiger partial charge in [0.05, 0.1) is 19.1 Å². The number of hydrogen-bond donors (Lipinski definition) is 1. The fraction of sp³-hybridized carbons (Fsp3) is 0.162. The monoisotopic (exact) mass is 582 g/mol. The van der Waals surface area contributed by atoms with E-state index >= 15 is 4.79 Å². The molecule has 0 unspecified atom stereocenters. The number of rotatable bonds is 8. The first-order valence-corrected chi connectivity index (χ1v) is 14.5. The maximum atomic E-state index is 15.0. The molecule has 0 bridgehead atoms. The van der Waals surface area contributed by atoms with Gasteiger partial charge in [-0.1, -0.05) is 67.3 Å². The average Bonchev–Trinajstić information content (AvgIpc) is 3.55. The second kappa shape index (κ2) is 10.7. The van der Waals surface area contributed by atoms with Crippen LogP contribution in [0.25, 0.3) is 6.08 Å². The quantitative estimate of drug-likeness (QED) is 0.196. The molecule has 7 nitrogen and oxygen atoms in total. The molecule has 0 aromatic heterocycles. The van der Waals surface area contributed by atoms with Gasteiger partial charge in [0.1, 0.15) is 29.6 Å². The first kappa shape index (κ1) is 27.4. The number of carbonyl (C=O) groups is 3. The molecule has 4 aromatic carbocycles. The lowest BCUT2D eigenvalue weighted by Gasteiger charge is -2.38. The lowest BCUT2D eigenvalue weighted by Crippen LogP contribution is -2.49. The highest BCUT2D eigenvalue weighted by Crippen LogP contribution is 2.62. The van der Waals surface area contributed by atoms with Crippen LogP contribution in [-0.4, -0.2) is 42.1 Å². The Morgan fingerprint density at radius 1 is 0.909 bits per heavy atom. The molecule has 3 heterocycles. The number of carbonyl (C=O) groups excluding carboxylic acids is 3. The summed E-state index contributed by atoms with van der Waals surface area (Å²) in [6, 6.07) is 27.5. The molecule has 1 fully saturated rings. The third-order valence-electron chi connectivity index (χ3n) is 8.98. The van der Waals surface area contributed by atoms with Gasteiger partial charge in [0.25, 0.3) is 0 Å². The van der Waals surface area contributed by atoms with Gasteiger partial charge in [-0.25, -0.2) is 0 Å². The fourth-order valence-corrected chi connectivity index (χ4v) is 7.17. The van der Waals surface area contributed by atoms with Crippen LogP contribution in [-0.2, 0) is 10.2 Å². The number of amides is 1. The zero-order chi connectivity index (χ0) is 30.4. The van der Waals surface area contributed by atoms with Gasteiger partial charge in [-0.05, 0) is 65.2 Å². The third kappa shape index (κ3) is 4.00. The number of methoxy groups -OCH3 is 1. The summed E-state index contributed by atoms with van der Waals surface area (Å²) in [5.41, 5.74) is 2.54. The highest BCUT2D eigenvalue weighted by molar-refractivity contribution is 6.16. The highest BCUT2D eigenvalue weighted by atomic mass is 16.5. The Hall–Kier alpha value is -5.43. The van der Waals surface area contributed by atoms with E-state index in [-0.39, 0.29) is 24.1 Å². The molecule has 4 atom stereocenters. The van der Waals surface area contributed by atoms with Crippen LogP contribution >= 0.6 is 0 Å². The Morgan fingerprint density at radius 2 is 1.68 bits per heavy atom. The van der Waals surface area contributed by atoms with Gasteiger partial charge in [-0.2, -0.15) is 0 Å². The molecule has 3 aliphatic heterocycles. The van der Waals surface area contributed by atoms with Crippen LogP contribution in [0.15, 0.2) is 116 Å². The minimum atomic E-state index is -1.40. The molecule has 1 amide bonds. The van der Waals surface area contributed by atoms with Crippen molar-refractivity contribution >= 4 is 29.2 Å². The molecule has 7 rings (SSSR count). The lowest BCUT2D eigenvalue weighted by atomic mass is 9.62. The second-order valence-electron chi connectivity index (χ2n) is 11.2. The summed E-state index contributed by atoms with van der Waals surface area (Å²) in [4.78, 5) is 46.2. The molecule has 1 spiro atoms. The Labute approximate surface area is 255 Å². The minimum Gasteiger partial charge on any atom is -0.497 e. The first-order chi connectivity index (χ1) is 21.5. The van der Waals surface area contributed by atoms with Gasteiger partial charge in [-0.15, -0.1) is 0 Å².